The van der Waals surface area contributed by atoms with Gasteiger partial charge in [0.05, 0.1) is 5.69 Å². The maximum Gasteiger partial charge on any atom is 0.0627 e. The highest BCUT2D eigenvalue weighted by atomic mass is 79.9. The summed E-state index contributed by atoms with van der Waals surface area (Å²) in [5.74, 6) is 0.579. The van der Waals surface area contributed by atoms with Crippen LogP contribution in [0.25, 0.3) is 6.08 Å². The van der Waals surface area contributed by atoms with E-state index in [1.165, 1.54) is 0 Å². The summed E-state index contributed by atoms with van der Waals surface area (Å²) < 4.78 is 1.02. The minimum Gasteiger partial charge on any atom is -0.256 e. The molecule has 0 aliphatic rings. The quantitative estimate of drug-likeness (QED) is 0.751. The number of halogens is 1. The molecule has 0 aromatic carbocycles. The Balaban J connectivity index is 2.71. The van der Waals surface area contributed by atoms with Crippen LogP contribution in [0.1, 0.15) is 19.5 Å². The molecular formula is C10H12BrN. The molecule has 0 atom stereocenters. The standard InChI is InChI=1S/C10H12BrN/c1-8(2)3-5-10-6-4-9(11)7-12-10/h3-8H,1-2H3. The van der Waals surface area contributed by atoms with Gasteiger partial charge in [-0.1, -0.05) is 19.9 Å². The molecule has 0 saturated heterocycles. The molecular weight excluding hydrogens is 214 g/mol. The SMILES string of the molecule is CC(C)C=Cc1ccc(Br)cn1. The lowest BCUT2D eigenvalue weighted by atomic mass is 10.2. The minimum atomic E-state index is 0.579. The lowest BCUT2D eigenvalue weighted by Crippen LogP contribution is -1.81. The van der Waals surface area contributed by atoms with Crippen molar-refractivity contribution in [3.63, 3.8) is 0 Å². The molecule has 0 unspecified atom stereocenters. The van der Waals surface area contributed by atoms with E-state index in [0.717, 1.165) is 10.2 Å². The molecule has 0 aliphatic heterocycles. The first kappa shape index (κ1) is 9.46. The van der Waals surface area contributed by atoms with Crippen molar-refractivity contribution >= 4 is 22.0 Å². The van der Waals surface area contributed by atoms with Gasteiger partial charge in [-0.05, 0) is 40.1 Å². The van der Waals surface area contributed by atoms with Crippen LogP contribution < -0.4 is 0 Å². The van der Waals surface area contributed by atoms with Gasteiger partial charge in [0.15, 0.2) is 0 Å². The third-order valence-corrected chi connectivity index (χ3v) is 1.87. The first-order chi connectivity index (χ1) is 5.68. The fourth-order valence-corrected chi connectivity index (χ4v) is 1.01. The Hall–Kier alpha value is -0.630. The van der Waals surface area contributed by atoms with Gasteiger partial charge in [0.1, 0.15) is 0 Å². The van der Waals surface area contributed by atoms with Crippen molar-refractivity contribution in [1.29, 1.82) is 0 Å². The number of hydrogen-bond donors (Lipinski definition) is 0. The number of pyridine rings is 1. The highest BCUT2D eigenvalue weighted by molar-refractivity contribution is 9.10. The Kier molecular flexibility index (Phi) is 3.48. The molecule has 0 fully saturated rings. The maximum absolute atomic E-state index is 4.22. The summed E-state index contributed by atoms with van der Waals surface area (Å²) in [5, 5.41) is 0. The number of rotatable bonds is 2. The molecule has 2 heteroatoms. The van der Waals surface area contributed by atoms with E-state index in [-0.39, 0.29) is 0 Å². The van der Waals surface area contributed by atoms with E-state index in [9.17, 15) is 0 Å². The lowest BCUT2D eigenvalue weighted by Gasteiger charge is -1.94. The summed E-state index contributed by atoms with van der Waals surface area (Å²) in [4.78, 5) is 4.22. The molecule has 1 nitrogen and oxygen atoms in total. The summed E-state index contributed by atoms with van der Waals surface area (Å²) in [5.41, 5.74) is 1.01. The van der Waals surface area contributed by atoms with Crippen LogP contribution in [0, 0.1) is 5.92 Å². The van der Waals surface area contributed by atoms with Gasteiger partial charge >= 0.3 is 0 Å². The van der Waals surface area contributed by atoms with Crippen LogP contribution in [0.2, 0.25) is 0 Å². The molecule has 0 aliphatic carbocycles. The van der Waals surface area contributed by atoms with E-state index < -0.39 is 0 Å². The maximum atomic E-state index is 4.22. The number of aromatic nitrogens is 1. The number of nitrogens with zero attached hydrogens (tertiary/aromatic N) is 1. The van der Waals surface area contributed by atoms with Gasteiger partial charge in [-0.15, -0.1) is 0 Å². The first-order valence-corrected chi connectivity index (χ1v) is 4.77. The predicted molar refractivity (Wildman–Crippen MR) is 55.8 cm³/mol. The Morgan fingerprint density at radius 3 is 2.67 bits per heavy atom. The summed E-state index contributed by atoms with van der Waals surface area (Å²) in [6, 6.07) is 3.98. The summed E-state index contributed by atoms with van der Waals surface area (Å²) >= 11 is 3.34. The average molecular weight is 226 g/mol. The normalized spacial score (nSPS) is 11.3. The van der Waals surface area contributed by atoms with Crippen LogP contribution in [0.5, 0.6) is 0 Å². The monoisotopic (exact) mass is 225 g/mol. The van der Waals surface area contributed by atoms with E-state index in [0.29, 0.717) is 5.92 Å². The zero-order valence-corrected chi connectivity index (χ0v) is 8.88. The van der Waals surface area contributed by atoms with Crippen LogP contribution in [0.3, 0.4) is 0 Å². The molecule has 1 heterocycles. The van der Waals surface area contributed by atoms with Crippen molar-refractivity contribution in [2.45, 2.75) is 13.8 Å². The molecule has 0 radical (unpaired) electrons. The molecule has 64 valence electrons. The van der Waals surface area contributed by atoms with Crippen LogP contribution in [0.4, 0.5) is 0 Å². The van der Waals surface area contributed by atoms with Gasteiger partial charge in [0.2, 0.25) is 0 Å². The summed E-state index contributed by atoms with van der Waals surface area (Å²) in [6.07, 6.45) is 5.98. The van der Waals surface area contributed by atoms with Gasteiger partial charge in [0, 0.05) is 10.7 Å². The Morgan fingerprint density at radius 2 is 2.17 bits per heavy atom. The second-order valence-corrected chi connectivity index (χ2v) is 3.92. The molecule has 1 rings (SSSR count). The van der Waals surface area contributed by atoms with E-state index in [4.69, 9.17) is 0 Å². The highest BCUT2D eigenvalue weighted by Gasteiger charge is 1.89. The second kappa shape index (κ2) is 4.41. The Labute approximate surface area is 81.7 Å². The topological polar surface area (TPSA) is 12.9 Å². The zero-order chi connectivity index (χ0) is 8.97. The van der Waals surface area contributed by atoms with Crippen LogP contribution in [-0.2, 0) is 0 Å². The lowest BCUT2D eigenvalue weighted by molar-refractivity contribution is 0.836. The Bertz CT molecular complexity index is 262. The van der Waals surface area contributed by atoms with E-state index in [2.05, 4.69) is 40.8 Å². The van der Waals surface area contributed by atoms with Gasteiger partial charge in [-0.3, -0.25) is 4.98 Å². The van der Waals surface area contributed by atoms with E-state index in [1.54, 1.807) is 6.20 Å². The Morgan fingerprint density at radius 1 is 1.42 bits per heavy atom. The van der Waals surface area contributed by atoms with Crippen LogP contribution in [0.15, 0.2) is 28.9 Å². The van der Waals surface area contributed by atoms with Crippen molar-refractivity contribution in [3.05, 3.63) is 34.6 Å². The summed E-state index contributed by atoms with van der Waals surface area (Å²) in [7, 11) is 0. The smallest absolute Gasteiger partial charge is 0.0627 e. The van der Waals surface area contributed by atoms with Crippen molar-refractivity contribution in [2.24, 2.45) is 5.92 Å². The fourth-order valence-electron chi connectivity index (χ4n) is 0.777. The number of allylic oxidation sites excluding steroid dienone is 1. The van der Waals surface area contributed by atoms with Crippen molar-refractivity contribution in [2.75, 3.05) is 0 Å². The molecule has 0 saturated carbocycles. The average Bonchev–Trinajstić information content (AvgIpc) is 2.03. The molecule has 0 spiro atoms. The largest absolute Gasteiger partial charge is 0.256 e. The van der Waals surface area contributed by atoms with E-state index >= 15 is 0 Å². The zero-order valence-electron chi connectivity index (χ0n) is 7.29. The van der Waals surface area contributed by atoms with Crippen molar-refractivity contribution < 1.29 is 0 Å². The predicted octanol–water partition coefficient (Wildman–Crippen LogP) is 3.51. The highest BCUT2D eigenvalue weighted by Crippen LogP contribution is 2.09. The number of hydrogen-bond acceptors (Lipinski definition) is 1. The molecule has 1 aromatic heterocycles. The van der Waals surface area contributed by atoms with Gasteiger partial charge in [-0.2, -0.15) is 0 Å². The first-order valence-electron chi connectivity index (χ1n) is 3.98. The third-order valence-electron chi connectivity index (χ3n) is 1.40. The second-order valence-electron chi connectivity index (χ2n) is 3.00. The van der Waals surface area contributed by atoms with Gasteiger partial charge in [-0.25, -0.2) is 0 Å². The molecule has 0 N–H and O–H groups in total. The molecule has 12 heavy (non-hydrogen) atoms. The molecule has 0 bridgehead atoms. The molecule has 1 aromatic rings. The third kappa shape index (κ3) is 3.18. The van der Waals surface area contributed by atoms with Crippen LogP contribution >= 0.6 is 15.9 Å². The van der Waals surface area contributed by atoms with Crippen LogP contribution in [-0.4, -0.2) is 4.98 Å². The minimum absolute atomic E-state index is 0.579. The molecule has 0 amide bonds. The van der Waals surface area contributed by atoms with Crippen molar-refractivity contribution in [3.8, 4) is 0 Å². The van der Waals surface area contributed by atoms with E-state index in [1.807, 2.05) is 18.2 Å². The van der Waals surface area contributed by atoms with Crippen molar-refractivity contribution in [1.82, 2.24) is 4.98 Å². The summed E-state index contributed by atoms with van der Waals surface area (Å²) in [6.45, 7) is 4.30. The fraction of sp³-hybridized carbons (Fsp3) is 0.300. The van der Waals surface area contributed by atoms with Gasteiger partial charge < -0.3 is 0 Å². The van der Waals surface area contributed by atoms with Gasteiger partial charge in [0.25, 0.3) is 0 Å².